The van der Waals surface area contributed by atoms with Crippen LogP contribution >= 0.6 is 10.7 Å². The minimum atomic E-state index is -3.51. The fourth-order valence-electron chi connectivity index (χ4n) is 1.96. The molecule has 0 aliphatic rings. The van der Waals surface area contributed by atoms with Crippen LogP contribution in [0.4, 0.5) is 0 Å². The molecular formula is C14H21ClO4S. The molecule has 1 unspecified atom stereocenters. The van der Waals surface area contributed by atoms with Crippen molar-refractivity contribution in [3.8, 4) is 11.5 Å². The molecule has 114 valence electrons. The summed E-state index contributed by atoms with van der Waals surface area (Å²) in [4.78, 5) is 0. The second-order valence-electron chi connectivity index (χ2n) is 4.55. The summed E-state index contributed by atoms with van der Waals surface area (Å²) in [6.45, 7) is 4.76. The minimum absolute atomic E-state index is 0.0702. The first kappa shape index (κ1) is 17.1. The molecule has 6 heteroatoms. The summed E-state index contributed by atoms with van der Waals surface area (Å²) >= 11 is 0. The highest BCUT2D eigenvalue weighted by atomic mass is 35.7. The molecule has 0 aromatic heterocycles. The number of para-hydroxylation sites is 2. The summed E-state index contributed by atoms with van der Waals surface area (Å²) in [5, 5.41) is 0. The van der Waals surface area contributed by atoms with Gasteiger partial charge in [0.05, 0.1) is 19.0 Å². The van der Waals surface area contributed by atoms with Gasteiger partial charge in [-0.15, -0.1) is 0 Å². The zero-order valence-electron chi connectivity index (χ0n) is 11.8. The fraction of sp³-hybridized carbons (Fsp3) is 0.571. The van der Waals surface area contributed by atoms with Crippen molar-refractivity contribution in [2.24, 2.45) is 5.92 Å². The van der Waals surface area contributed by atoms with E-state index in [0.29, 0.717) is 24.7 Å². The van der Waals surface area contributed by atoms with Crippen LogP contribution in [0.1, 0.15) is 26.7 Å². The lowest BCUT2D eigenvalue weighted by Gasteiger charge is -2.17. The van der Waals surface area contributed by atoms with Crippen molar-refractivity contribution >= 4 is 19.7 Å². The number of hydrogen-bond acceptors (Lipinski definition) is 4. The van der Waals surface area contributed by atoms with E-state index < -0.39 is 9.05 Å². The van der Waals surface area contributed by atoms with Crippen molar-refractivity contribution in [3.05, 3.63) is 24.3 Å². The van der Waals surface area contributed by atoms with Crippen LogP contribution in [0.15, 0.2) is 24.3 Å². The number of ether oxygens (including phenoxy) is 2. The summed E-state index contributed by atoms with van der Waals surface area (Å²) in [7, 11) is 1.81. The van der Waals surface area contributed by atoms with Crippen molar-refractivity contribution < 1.29 is 17.9 Å². The van der Waals surface area contributed by atoms with Gasteiger partial charge in [-0.05, 0) is 25.5 Å². The maximum Gasteiger partial charge on any atom is 0.232 e. The zero-order chi connectivity index (χ0) is 15.0. The molecule has 0 saturated carbocycles. The molecule has 0 fully saturated rings. The number of halogens is 1. The molecule has 0 aliphatic carbocycles. The first-order chi connectivity index (χ1) is 9.46. The highest BCUT2D eigenvalue weighted by molar-refractivity contribution is 8.13. The molecule has 0 amide bonds. The molecule has 0 bridgehead atoms. The van der Waals surface area contributed by atoms with Gasteiger partial charge in [0.15, 0.2) is 11.5 Å². The van der Waals surface area contributed by atoms with Crippen LogP contribution < -0.4 is 9.47 Å². The van der Waals surface area contributed by atoms with Crippen LogP contribution in [-0.2, 0) is 9.05 Å². The van der Waals surface area contributed by atoms with Crippen LogP contribution in [0.2, 0.25) is 0 Å². The molecule has 0 N–H and O–H groups in total. The van der Waals surface area contributed by atoms with Gasteiger partial charge in [0, 0.05) is 16.6 Å². The van der Waals surface area contributed by atoms with Gasteiger partial charge < -0.3 is 9.47 Å². The maximum atomic E-state index is 11.2. The first-order valence-electron chi connectivity index (χ1n) is 6.73. The maximum absolute atomic E-state index is 11.2. The Morgan fingerprint density at radius 3 is 2.25 bits per heavy atom. The predicted octanol–water partition coefficient (Wildman–Crippen LogP) is 3.45. The van der Waals surface area contributed by atoms with E-state index in [1.165, 1.54) is 0 Å². The molecule has 1 rings (SSSR count). The molecule has 1 aromatic carbocycles. The molecule has 20 heavy (non-hydrogen) atoms. The molecule has 1 atom stereocenters. The van der Waals surface area contributed by atoms with Crippen molar-refractivity contribution in [2.45, 2.75) is 26.7 Å². The quantitative estimate of drug-likeness (QED) is 0.654. The van der Waals surface area contributed by atoms with Crippen LogP contribution in [-0.4, -0.2) is 27.4 Å². The lowest BCUT2D eigenvalue weighted by atomic mass is 10.1. The topological polar surface area (TPSA) is 52.6 Å². The Bertz CT molecular complexity index is 502. The number of benzene rings is 1. The van der Waals surface area contributed by atoms with Crippen LogP contribution in [0.25, 0.3) is 0 Å². The Kier molecular flexibility index (Phi) is 7.16. The van der Waals surface area contributed by atoms with Gasteiger partial charge in [0.1, 0.15) is 0 Å². The largest absolute Gasteiger partial charge is 0.490 e. The number of hydrogen-bond donors (Lipinski definition) is 0. The summed E-state index contributed by atoms with van der Waals surface area (Å²) in [6, 6.07) is 7.35. The molecule has 0 radical (unpaired) electrons. The summed E-state index contributed by atoms with van der Waals surface area (Å²) in [6.07, 6.45) is 1.64. The van der Waals surface area contributed by atoms with Crippen LogP contribution in [0, 0.1) is 5.92 Å². The van der Waals surface area contributed by atoms with Crippen LogP contribution in [0.5, 0.6) is 11.5 Å². The van der Waals surface area contributed by atoms with E-state index in [1.807, 2.05) is 38.1 Å². The zero-order valence-corrected chi connectivity index (χ0v) is 13.4. The standard InChI is InChI=1S/C14H21ClO4S/c1-3-7-12(11-20(15,16)17)10-19-14-9-6-5-8-13(14)18-4-2/h5-6,8-9,12H,3-4,7,10-11H2,1-2H3. The third kappa shape index (κ3) is 6.48. The Morgan fingerprint density at radius 1 is 1.15 bits per heavy atom. The Hall–Kier alpha value is -0.940. The average Bonchev–Trinajstić information content (AvgIpc) is 2.36. The average molecular weight is 321 g/mol. The van der Waals surface area contributed by atoms with Gasteiger partial charge in [-0.25, -0.2) is 8.42 Å². The summed E-state index contributed by atoms with van der Waals surface area (Å²) < 4.78 is 33.5. The van der Waals surface area contributed by atoms with E-state index in [9.17, 15) is 8.42 Å². The van der Waals surface area contributed by atoms with Crippen molar-refractivity contribution in [3.63, 3.8) is 0 Å². The molecule has 0 spiro atoms. The Balaban J connectivity index is 2.67. The second-order valence-corrected chi connectivity index (χ2v) is 7.37. The highest BCUT2D eigenvalue weighted by Gasteiger charge is 2.18. The minimum Gasteiger partial charge on any atom is -0.490 e. The molecule has 0 saturated heterocycles. The van der Waals surface area contributed by atoms with E-state index in [1.54, 1.807) is 0 Å². The summed E-state index contributed by atoms with van der Waals surface area (Å²) in [5.74, 6) is 1.11. The SMILES string of the molecule is CCCC(COc1ccccc1OCC)CS(=O)(=O)Cl. The lowest BCUT2D eigenvalue weighted by molar-refractivity contribution is 0.235. The van der Waals surface area contributed by atoms with Crippen LogP contribution in [0.3, 0.4) is 0 Å². The van der Waals surface area contributed by atoms with E-state index in [0.717, 1.165) is 12.8 Å². The molecule has 0 aliphatic heterocycles. The van der Waals surface area contributed by atoms with Gasteiger partial charge >= 0.3 is 0 Å². The fourth-order valence-corrected chi connectivity index (χ4v) is 3.32. The van der Waals surface area contributed by atoms with Gasteiger partial charge in [0.2, 0.25) is 9.05 Å². The van der Waals surface area contributed by atoms with E-state index in [2.05, 4.69) is 0 Å². The highest BCUT2D eigenvalue weighted by Crippen LogP contribution is 2.27. The first-order valence-corrected chi connectivity index (χ1v) is 9.21. The normalized spacial score (nSPS) is 12.9. The third-order valence-electron chi connectivity index (χ3n) is 2.76. The predicted molar refractivity (Wildman–Crippen MR) is 81.1 cm³/mol. The van der Waals surface area contributed by atoms with Gasteiger partial charge in [-0.2, -0.15) is 0 Å². The van der Waals surface area contributed by atoms with Crippen molar-refractivity contribution in [1.29, 1.82) is 0 Å². The Labute approximate surface area is 125 Å². The second kappa shape index (κ2) is 8.37. The monoisotopic (exact) mass is 320 g/mol. The Morgan fingerprint density at radius 2 is 1.75 bits per heavy atom. The third-order valence-corrected chi connectivity index (χ3v) is 4.00. The van der Waals surface area contributed by atoms with Crippen molar-refractivity contribution in [1.82, 2.24) is 0 Å². The van der Waals surface area contributed by atoms with E-state index >= 15 is 0 Å². The summed E-state index contributed by atoms with van der Waals surface area (Å²) in [5.41, 5.74) is 0. The van der Waals surface area contributed by atoms with Gasteiger partial charge in [-0.1, -0.05) is 25.5 Å². The lowest BCUT2D eigenvalue weighted by Crippen LogP contribution is -2.19. The van der Waals surface area contributed by atoms with E-state index in [-0.39, 0.29) is 11.7 Å². The molecular weight excluding hydrogens is 300 g/mol. The van der Waals surface area contributed by atoms with Crippen molar-refractivity contribution in [2.75, 3.05) is 19.0 Å². The molecule has 1 aromatic rings. The molecule has 4 nitrogen and oxygen atoms in total. The number of rotatable bonds is 9. The van der Waals surface area contributed by atoms with Gasteiger partial charge in [0.25, 0.3) is 0 Å². The smallest absolute Gasteiger partial charge is 0.232 e. The molecule has 0 heterocycles. The van der Waals surface area contributed by atoms with Gasteiger partial charge in [-0.3, -0.25) is 0 Å². The van der Waals surface area contributed by atoms with E-state index in [4.69, 9.17) is 20.2 Å².